The van der Waals surface area contributed by atoms with Gasteiger partial charge in [0, 0.05) is 20.6 Å². The molecule has 0 fully saturated rings. The number of para-hydroxylation sites is 1. The van der Waals surface area contributed by atoms with Crippen molar-refractivity contribution in [3.63, 3.8) is 0 Å². The number of amides is 1. The number of carbonyl (C=O) groups is 1. The number of aryl methyl sites for hydroxylation is 1. The number of nitrogens with one attached hydrogen (secondary N) is 1. The first kappa shape index (κ1) is 21.0. The van der Waals surface area contributed by atoms with Crippen LogP contribution >= 0.6 is 0 Å². The zero-order chi connectivity index (χ0) is 23.2. The van der Waals surface area contributed by atoms with Crippen molar-refractivity contribution in [3.05, 3.63) is 78.2 Å². The monoisotopic (exact) mass is 436 g/mol. The number of benzene rings is 1. The van der Waals surface area contributed by atoms with Gasteiger partial charge in [-0.25, -0.2) is 14.6 Å². The Hall–Kier alpha value is -4.28. The average Bonchev–Trinajstić information content (AvgIpc) is 2.79. The molecule has 1 N–H and O–H groups in total. The molecule has 1 aromatic carbocycles. The first-order valence-electron chi connectivity index (χ1n) is 9.82. The Morgan fingerprint density at radius 3 is 2.38 bits per heavy atom. The van der Waals surface area contributed by atoms with Crippen LogP contribution in [0.25, 0.3) is 21.9 Å². The lowest BCUT2D eigenvalue weighted by molar-refractivity contribution is -0.116. The Morgan fingerprint density at radius 2 is 1.66 bits per heavy atom. The van der Waals surface area contributed by atoms with Gasteiger partial charge in [0.2, 0.25) is 5.91 Å². The summed E-state index contributed by atoms with van der Waals surface area (Å²) in [6.07, 6.45) is 1.33. The summed E-state index contributed by atoms with van der Waals surface area (Å²) in [4.78, 5) is 66.7. The molecule has 0 aliphatic carbocycles. The first-order valence-corrected chi connectivity index (χ1v) is 9.82. The Balaban J connectivity index is 1.74. The van der Waals surface area contributed by atoms with E-state index in [2.05, 4.69) is 10.3 Å². The van der Waals surface area contributed by atoms with Crippen LogP contribution in [0.15, 0.2) is 55.7 Å². The standard InChI is InChI=1S/C21H20N6O5/c1-4-26-19(30)13-7-5-6-8-15(13)27(21(26)32)11-16(28)23-12-9-14-17(22-10-12)24(2)20(31)25(3)18(14)29/h5-10H,4,11H2,1-3H3,(H,23,28). The largest absolute Gasteiger partial charge is 0.332 e. The van der Waals surface area contributed by atoms with Gasteiger partial charge in [0.15, 0.2) is 0 Å². The second-order valence-corrected chi connectivity index (χ2v) is 7.28. The van der Waals surface area contributed by atoms with Crippen LogP contribution in [0.5, 0.6) is 0 Å². The molecule has 0 saturated heterocycles. The molecule has 0 saturated carbocycles. The summed E-state index contributed by atoms with van der Waals surface area (Å²) in [6.45, 7) is 1.50. The van der Waals surface area contributed by atoms with Crippen molar-refractivity contribution in [3.8, 4) is 0 Å². The van der Waals surface area contributed by atoms with Gasteiger partial charge in [-0.3, -0.25) is 32.7 Å². The molecule has 3 heterocycles. The maximum absolute atomic E-state index is 12.8. The van der Waals surface area contributed by atoms with E-state index in [-0.39, 0.29) is 29.8 Å². The van der Waals surface area contributed by atoms with E-state index in [1.165, 1.54) is 35.5 Å². The maximum Gasteiger partial charge on any atom is 0.332 e. The summed E-state index contributed by atoms with van der Waals surface area (Å²) in [7, 11) is 2.85. The second-order valence-electron chi connectivity index (χ2n) is 7.28. The number of nitrogens with zero attached hydrogens (tertiary/aromatic N) is 5. The van der Waals surface area contributed by atoms with E-state index in [9.17, 15) is 24.0 Å². The van der Waals surface area contributed by atoms with Crippen LogP contribution in [-0.4, -0.2) is 29.2 Å². The number of hydrogen-bond donors (Lipinski definition) is 1. The van der Waals surface area contributed by atoms with E-state index in [0.717, 1.165) is 9.13 Å². The quantitative estimate of drug-likeness (QED) is 0.470. The van der Waals surface area contributed by atoms with Gasteiger partial charge >= 0.3 is 11.4 Å². The molecule has 0 unspecified atom stereocenters. The minimum atomic E-state index is -0.591. The molecule has 0 radical (unpaired) electrons. The average molecular weight is 436 g/mol. The summed E-state index contributed by atoms with van der Waals surface area (Å²) in [6, 6.07) is 8.00. The van der Waals surface area contributed by atoms with Crippen LogP contribution in [0.3, 0.4) is 0 Å². The molecule has 1 amide bonds. The molecule has 11 nitrogen and oxygen atoms in total. The fourth-order valence-corrected chi connectivity index (χ4v) is 3.68. The molecule has 0 bridgehead atoms. The first-order chi connectivity index (χ1) is 15.2. The Kier molecular flexibility index (Phi) is 5.09. The molecular formula is C21H20N6O5. The molecule has 0 spiro atoms. The summed E-state index contributed by atoms with van der Waals surface area (Å²) in [5, 5.41) is 3.12. The minimum absolute atomic E-state index is 0.162. The lowest BCUT2D eigenvalue weighted by atomic mass is 10.2. The fraction of sp³-hybridized carbons (Fsp3) is 0.238. The van der Waals surface area contributed by atoms with E-state index in [1.54, 1.807) is 31.2 Å². The van der Waals surface area contributed by atoms with Crippen molar-refractivity contribution in [2.75, 3.05) is 5.32 Å². The predicted octanol–water partition coefficient (Wildman–Crippen LogP) is -0.233. The van der Waals surface area contributed by atoms with Gasteiger partial charge in [0.05, 0.1) is 28.2 Å². The van der Waals surface area contributed by atoms with Crippen LogP contribution in [0.2, 0.25) is 0 Å². The molecule has 4 aromatic rings. The third kappa shape index (κ3) is 3.23. The Bertz CT molecular complexity index is 1640. The van der Waals surface area contributed by atoms with Gasteiger partial charge < -0.3 is 5.32 Å². The number of fused-ring (bicyclic) bond motifs is 2. The third-order valence-corrected chi connectivity index (χ3v) is 5.33. The smallest absolute Gasteiger partial charge is 0.323 e. The van der Waals surface area contributed by atoms with Gasteiger partial charge in [-0.05, 0) is 25.1 Å². The van der Waals surface area contributed by atoms with Crippen LogP contribution in [0.4, 0.5) is 5.69 Å². The molecule has 3 aromatic heterocycles. The van der Waals surface area contributed by atoms with Gasteiger partial charge in [-0.1, -0.05) is 12.1 Å². The molecule has 32 heavy (non-hydrogen) atoms. The SMILES string of the molecule is CCn1c(=O)c2ccccc2n(CC(=O)Nc2cnc3c(c2)c(=O)n(C)c(=O)n3C)c1=O. The topological polar surface area (TPSA) is 130 Å². The molecular weight excluding hydrogens is 416 g/mol. The molecule has 11 heteroatoms. The van der Waals surface area contributed by atoms with Gasteiger partial charge in [-0.2, -0.15) is 0 Å². The van der Waals surface area contributed by atoms with Crippen molar-refractivity contribution in [1.29, 1.82) is 0 Å². The van der Waals surface area contributed by atoms with E-state index in [0.29, 0.717) is 10.9 Å². The van der Waals surface area contributed by atoms with Gasteiger partial charge in [-0.15, -0.1) is 0 Å². The van der Waals surface area contributed by atoms with Crippen LogP contribution in [0, 0.1) is 0 Å². The second kappa shape index (κ2) is 7.76. The summed E-state index contributed by atoms with van der Waals surface area (Å²) < 4.78 is 4.49. The highest BCUT2D eigenvalue weighted by molar-refractivity contribution is 5.93. The minimum Gasteiger partial charge on any atom is -0.323 e. The van der Waals surface area contributed by atoms with Crippen LogP contribution in [-0.2, 0) is 32.0 Å². The third-order valence-electron chi connectivity index (χ3n) is 5.33. The summed E-state index contributed by atoms with van der Waals surface area (Å²) in [5.41, 5.74) is -1.28. The molecule has 0 atom stereocenters. The van der Waals surface area contributed by atoms with Crippen molar-refractivity contribution in [2.24, 2.45) is 14.1 Å². The van der Waals surface area contributed by atoms with Crippen LogP contribution in [0.1, 0.15) is 6.92 Å². The van der Waals surface area contributed by atoms with Crippen molar-refractivity contribution < 1.29 is 4.79 Å². The Labute approximate surface area is 179 Å². The summed E-state index contributed by atoms with van der Waals surface area (Å²) >= 11 is 0. The highest BCUT2D eigenvalue weighted by Crippen LogP contribution is 2.13. The summed E-state index contributed by atoms with van der Waals surface area (Å²) in [5.74, 6) is -0.540. The normalized spacial score (nSPS) is 11.2. The van der Waals surface area contributed by atoms with E-state index < -0.39 is 28.4 Å². The van der Waals surface area contributed by atoms with E-state index in [1.807, 2.05) is 0 Å². The highest BCUT2D eigenvalue weighted by atomic mass is 16.2. The van der Waals surface area contributed by atoms with E-state index in [4.69, 9.17) is 0 Å². The zero-order valence-electron chi connectivity index (χ0n) is 17.7. The van der Waals surface area contributed by atoms with Gasteiger partial charge in [0.1, 0.15) is 12.2 Å². The van der Waals surface area contributed by atoms with Gasteiger partial charge in [0.25, 0.3) is 11.1 Å². The Morgan fingerprint density at radius 1 is 0.938 bits per heavy atom. The van der Waals surface area contributed by atoms with E-state index >= 15 is 0 Å². The lowest BCUT2D eigenvalue weighted by Crippen LogP contribution is -2.41. The van der Waals surface area contributed by atoms with Crippen LogP contribution < -0.4 is 27.8 Å². The fourth-order valence-electron chi connectivity index (χ4n) is 3.68. The predicted molar refractivity (Wildman–Crippen MR) is 119 cm³/mol. The molecule has 164 valence electrons. The highest BCUT2D eigenvalue weighted by Gasteiger charge is 2.16. The van der Waals surface area contributed by atoms with Crippen molar-refractivity contribution in [2.45, 2.75) is 20.0 Å². The molecule has 0 aliphatic heterocycles. The van der Waals surface area contributed by atoms with Crippen molar-refractivity contribution in [1.82, 2.24) is 23.3 Å². The molecule has 0 aliphatic rings. The molecule has 4 rings (SSSR count). The van der Waals surface area contributed by atoms with Crippen molar-refractivity contribution >= 4 is 33.5 Å². The number of hydrogen-bond acceptors (Lipinski definition) is 6. The lowest BCUT2D eigenvalue weighted by Gasteiger charge is -2.13. The number of aromatic nitrogens is 5. The number of carbonyl (C=O) groups excluding carboxylic acids is 1. The maximum atomic E-state index is 12.8. The zero-order valence-corrected chi connectivity index (χ0v) is 17.7. The number of anilines is 1. The number of rotatable bonds is 4. The number of pyridine rings is 1.